The van der Waals surface area contributed by atoms with Gasteiger partial charge in [0.1, 0.15) is 17.8 Å². The smallest absolute Gasteiger partial charge is 0.187 e. The van der Waals surface area contributed by atoms with Crippen LogP contribution in [0.5, 0.6) is 11.5 Å². The SMILES string of the molecule is Oc1c(F)cc([C@H](O)CN2C[C@H]3C[C@H](Oc4ccccc4F)[C@H](O)[C@@]3(O)C2)cc1F. The molecule has 0 spiro atoms. The number of hydrogen-bond acceptors (Lipinski definition) is 6. The van der Waals surface area contributed by atoms with E-state index in [-0.39, 0.29) is 36.7 Å². The second-order valence-electron chi connectivity index (χ2n) is 8.00. The van der Waals surface area contributed by atoms with Gasteiger partial charge in [0, 0.05) is 25.6 Å². The fourth-order valence-corrected chi connectivity index (χ4v) is 4.45. The van der Waals surface area contributed by atoms with E-state index in [1.807, 2.05) is 0 Å². The minimum atomic E-state index is -1.51. The molecule has 4 N–H and O–H groups in total. The summed E-state index contributed by atoms with van der Waals surface area (Å²) in [5.74, 6) is -4.42. The molecule has 0 amide bonds. The molecule has 9 heteroatoms. The van der Waals surface area contributed by atoms with Gasteiger partial charge < -0.3 is 25.2 Å². The van der Waals surface area contributed by atoms with Crippen LogP contribution in [0.15, 0.2) is 36.4 Å². The lowest BCUT2D eigenvalue weighted by Gasteiger charge is -2.29. The van der Waals surface area contributed by atoms with Crippen molar-refractivity contribution in [3.63, 3.8) is 0 Å². The maximum Gasteiger partial charge on any atom is 0.187 e. The molecule has 0 unspecified atom stereocenters. The van der Waals surface area contributed by atoms with Crippen molar-refractivity contribution < 1.29 is 38.3 Å². The van der Waals surface area contributed by atoms with Gasteiger partial charge in [-0.25, -0.2) is 13.2 Å². The van der Waals surface area contributed by atoms with Crippen LogP contribution in [0.4, 0.5) is 13.2 Å². The normalized spacial score (nSPS) is 29.7. The van der Waals surface area contributed by atoms with Crippen molar-refractivity contribution in [2.75, 3.05) is 19.6 Å². The summed E-state index contributed by atoms with van der Waals surface area (Å²) in [6.45, 7) is 0.287. The van der Waals surface area contributed by atoms with E-state index in [4.69, 9.17) is 4.74 Å². The molecule has 1 saturated heterocycles. The van der Waals surface area contributed by atoms with Crippen molar-refractivity contribution in [2.45, 2.75) is 30.3 Å². The van der Waals surface area contributed by atoms with E-state index in [1.165, 1.54) is 18.2 Å². The highest BCUT2D eigenvalue weighted by Crippen LogP contribution is 2.44. The zero-order chi connectivity index (χ0) is 21.6. The molecular formula is C21H22F3NO5. The predicted molar refractivity (Wildman–Crippen MR) is 99.3 cm³/mol. The van der Waals surface area contributed by atoms with Crippen LogP contribution in [-0.4, -0.2) is 62.8 Å². The monoisotopic (exact) mass is 425 g/mol. The molecule has 30 heavy (non-hydrogen) atoms. The maximum absolute atomic E-state index is 13.8. The molecule has 2 fully saturated rings. The molecule has 1 saturated carbocycles. The quantitative estimate of drug-likeness (QED) is 0.583. The van der Waals surface area contributed by atoms with Gasteiger partial charge in [-0.2, -0.15) is 0 Å². The molecule has 1 aliphatic heterocycles. The Bertz CT molecular complexity index is 922. The largest absolute Gasteiger partial charge is 0.503 e. The number of ether oxygens (including phenoxy) is 1. The van der Waals surface area contributed by atoms with Gasteiger partial charge in [0.2, 0.25) is 0 Å². The second kappa shape index (κ2) is 7.73. The topological polar surface area (TPSA) is 93.4 Å². The van der Waals surface area contributed by atoms with Crippen molar-refractivity contribution in [1.29, 1.82) is 0 Å². The Labute approximate surface area is 170 Å². The van der Waals surface area contributed by atoms with Crippen molar-refractivity contribution in [1.82, 2.24) is 4.90 Å². The van der Waals surface area contributed by atoms with Crippen LogP contribution < -0.4 is 4.74 Å². The number of aliphatic hydroxyl groups is 3. The third-order valence-corrected chi connectivity index (χ3v) is 6.01. The summed E-state index contributed by atoms with van der Waals surface area (Å²) < 4.78 is 46.5. The molecule has 0 bridgehead atoms. The Balaban J connectivity index is 1.41. The third kappa shape index (κ3) is 3.62. The number of halogens is 3. The minimum absolute atomic E-state index is 0.00575. The Morgan fingerprint density at radius 2 is 1.80 bits per heavy atom. The van der Waals surface area contributed by atoms with E-state index in [0.29, 0.717) is 6.54 Å². The highest BCUT2D eigenvalue weighted by atomic mass is 19.1. The average molecular weight is 425 g/mol. The number of β-amino-alcohol motifs (C(OH)–C–C–N with tert-alkyl or cyclic N) is 2. The average Bonchev–Trinajstić information content (AvgIpc) is 3.12. The first kappa shape index (κ1) is 20.9. The number of aromatic hydroxyl groups is 1. The number of phenols is 1. The highest BCUT2D eigenvalue weighted by molar-refractivity contribution is 5.31. The highest BCUT2D eigenvalue weighted by Gasteiger charge is 2.59. The van der Waals surface area contributed by atoms with Crippen LogP contribution in [-0.2, 0) is 0 Å². The number of likely N-dealkylation sites (tertiary alicyclic amines) is 1. The van der Waals surface area contributed by atoms with Gasteiger partial charge in [0.15, 0.2) is 29.0 Å². The zero-order valence-corrected chi connectivity index (χ0v) is 15.9. The van der Waals surface area contributed by atoms with Gasteiger partial charge in [-0.3, -0.25) is 4.90 Å². The van der Waals surface area contributed by atoms with Crippen molar-refractivity contribution >= 4 is 0 Å². The molecule has 162 valence electrons. The summed E-state index contributed by atoms with van der Waals surface area (Å²) in [5, 5.41) is 41.1. The lowest BCUT2D eigenvalue weighted by molar-refractivity contribution is -0.0879. The summed E-state index contributed by atoms with van der Waals surface area (Å²) in [6, 6.07) is 7.50. The number of hydrogen-bond donors (Lipinski definition) is 4. The van der Waals surface area contributed by atoms with Crippen LogP contribution >= 0.6 is 0 Å². The van der Waals surface area contributed by atoms with E-state index in [0.717, 1.165) is 12.1 Å². The second-order valence-corrected chi connectivity index (χ2v) is 8.00. The van der Waals surface area contributed by atoms with Crippen LogP contribution in [0.25, 0.3) is 0 Å². The standard InChI is InChI=1S/C21H22F3NO5/c22-13-3-1-2-4-17(13)30-18-7-12-8-25(10-21(12,29)20(18)28)9-16(26)11-5-14(23)19(27)15(24)6-11/h1-6,12,16,18,20,26-29H,7-10H2/t12-,16-,18+,20+,21-/m1/s1. The zero-order valence-electron chi connectivity index (χ0n) is 15.9. The van der Waals surface area contributed by atoms with E-state index in [1.54, 1.807) is 11.0 Å². The van der Waals surface area contributed by atoms with E-state index >= 15 is 0 Å². The predicted octanol–water partition coefficient (Wildman–Crippen LogP) is 1.72. The molecule has 4 rings (SSSR count). The van der Waals surface area contributed by atoms with Crippen molar-refractivity contribution in [3.05, 3.63) is 59.4 Å². The van der Waals surface area contributed by atoms with E-state index in [2.05, 4.69) is 0 Å². The molecule has 1 aliphatic carbocycles. The Morgan fingerprint density at radius 3 is 2.43 bits per heavy atom. The van der Waals surface area contributed by atoms with E-state index < -0.39 is 47.1 Å². The lowest BCUT2D eigenvalue weighted by Crippen LogP contribution is -2.49. The number of phenolic OH excluding ortho intramolecular Hbond substituents is 1. The third-order valence-electron chi connectivity index (χ3n) is 6.01. The number of rotatable bonds is 5. The Morgan fingerprint density at radius 1 is 1.13 bits per heavy atom. The number of benzene rings is 2. The van der Waals surface area contributed by atoms with Gasteiger partial charge in [-0.05, 0) is 36.2 Å². The van der Waals surface area contributed by atoms with Gasteiger partial charge in [-0.1, -0.05) is 12.1 Å². The fourth-order valence-electron chi connectivity index (χ4n) is 4.45. The number of aliphatic hydroxyl groups excluding tert-OH is 2. The Hall–Kier alpha value is -2.33. The van der Waals surface area contributed by atoms with Crippen LogP contribution in [0, 0.1) is 23.4 Å². The summed E-state index contributed by atoms with van der Waals surface area (Å²) in [7, 11) is 0. The molecule has 2 aromatic rings. The lowest BCUT2D eigenvalue weighted by atomic mass is 9.93. The molecule has 2 aliphatic rings. The summed E-state index contributed by atoms with van der Waals surface area (Å²) in [4.78, 5) is 1.68. The molecule has 2 aromatic carbocycles. The first-order chi connectivity index (χ1) is 14.2. The van der Waals surface area contributed by atoms with Gasteiger partial charge in [-0.15, -0.1) is 0 Å². The first-order valence-electron chi connectivity index (χ1n) is 9.59. The van der Waals surface area contributed by atoms with Crippen LogP contribution in [0.1, 0.15) is 18.1 Å². The summed E-state index contributed by atoms with van der Waals surface area (Å²) >= 11 is 0. The first-order valence-corrected chi connectivity index (χ1v) is 9.59. The summed E-state index contributed by atoms with van der Waals surface area (Å²) in [5.41, 5.74) is -1.56. The Kier molecular flexibility index (Phi) is 5.39. The van der Waals surface area contributed by atoms with E-state index in [9.17, 15) is 33.6 Å². The number of fused-ring (bicyclic) bond motifs is 1. The van der Waals surface area contributed by atoms with Crippen molar-refractivity contribution in [3.8, 4) is 11.5 Å². The van der Waals surface area contributed by atoms with Crippen LogP contribution in [0.2, 0.25) is 0 Å². The van der Waals surface area contributed by atoms with Gasteiger partial charge in [0.05, 0.1) is 6.10 Å². The molecule has 0 aromatic heterocycles. The molecule has 0 radical (unpaired) electrons. The fraction of sp³-hybridized carbons (Fsp3) is 0.429. The van der Waals surface area contributed by atoms with Crippen LogP contribution in [0.3, 0.4) is 0 Å². The van der Waals surface area contributed by atoms with Gasteiger partial charge in [0.25, 0.3) is 0 Å². The molecular weight excluding hydrogens is 403 g/mol. The summed E-state index contributed by atoms with van der Waals surface area (Å²) in [6.07, 6.45) is -3.04. The molecule has 1 heterocycles. The molecule has 6 nitrogen and oxygen atoms in total. The van der Waals surface area contributed by atoms with Crippen molar-refractivity contribution in [2.24, 2.45) is 5.92 Å². The maximum atomic E-state index is 13.8. The number of para-hydroxylation sites is 1. The molecule has 5 atom stereocenters. The number of nitrogens with zero attached hydrogens (tertiary/aromatic N) is 1. The minimum Gasteiger partial charge on any atom is -0.503 e. The van der Waals surface area contributed by atoms with Gasteiger partial charge >= 0.3 is 0 Å².